The Morgan fingerprint density at radius 2 is 1.95 bits per heavy atom. The summed E-state index contributed by atoms with van der Waals surface area (Å²) in [6.07, 6.45) is 1.32. The van der Waals surface area contributed by atoms with Gasteiger partial charge in [0.1, 0.15) is 12.6 Å². The van der Waals surface area contributed by atoms with E-state index >= 15 is 0 Å². The maximum Gasteiger partial charge on any atom is 0.408 e. The van der Waals surface area contributed by atoms with Gasteiger partial charge in [-0.1, -0.05) is 50.6 Å². The van der Waals surface area contributed by atoms with Crippen LogP contribution in [0.15, 0.2) is 30.3 Å². The third kappa shape index (κ3) is 4.23. The molecule has 1 N–H and O–H groups in total. The number of alkyl carbamates (subject to hydrolysis) is 1. The number of hydrogen-bond acceptors (Lipinski definition) is 3. The number of likely N-dealkylation sites (tertiary alicyclic amines) is 1. The van der Waals surface area contributed by atoms with E-state index in [-0.39, 0.29) is 18.4 Å². The molecule has 2 amide bonds. The van der Waals surface area contributed by atoms with Crippen molar-refractivity contribution in [3.05, 3.63) is 35.9 Å². The Bertz CT molecular complexity index is 500. The zero-order chi connectivity index (χ0) is 15.9. The van der Waals surface area contributed by atoms with Crippen molar-refractivity contribution in [2.45, 2.75) is 39.3 Å². The van der Waals surface area contributed by atoms with E-state index in [1.54, 1.807) is 4.90 Å². The molecule has 1 aliphatic rings. The lowest BCUT2D eigenvalue weighted by molar-refractivity contribution is -0.138. The Kier molecular flexibility index (Phi) is 5.81. The Hall–Kier alpha value is -2.04. The van der Waals surface area contributed by atoms with Crippen LogP contribution in [0.4, 0.5) is 4.79 Å². The predicted molar refractivity (Wildman–Crippen MR) is 84.2 cm³/mol. The van der Waals surface area contributed by atoms with Gasteiger partial charge in [0.05, 0.1) is 0 Å². The van der Waals surface area contributed by atoms with Crippen molar-refractivity contribution in [3.8, 4) is 0 Å². The van der Waals surface area contributed by atoms with Gasteiger partial charge in [-0.25, -0.2) is 4.79 Å². The highest BCUT2D eigenvalue weighted by atomic mass is 16.5. The normalized spacial score (nSPS) is 16.4. The minimum absolute atomic E-state index is 0.00254. The van der Waals surface area contributed by atoms with Crippen molar-refractivity contribution in [2.24, 2.45) is 5.92 Å². The zero-order valence-electron chi connectivity index (χ0n) is 13.2. The predicted octanol–water partition coefficient (Wildman–Crippen LogP) is 2.56. The number of amides is 2. The van der Waals surface area contributed by atoms with Gasteiger partial charge >= 0.3 is 6.09 Å². The third-order valence-electron chi connectivity index (χ3n) is 4.13. The van der Waals surface area contributed by atoms with Crippen molar-refractivity contribution in [3.63, 3.8) is 0 Å². The van der Waals surface area contributed by atoms with Crippen LogP contribution in [0.3, 0.4) is 0 Å². The van der Waals surface area contributed by atoms with Gasteiger partial charge in [-0.3, -0.25) is 4.79 Å². The summed E-state index contributed by atoms with van der Waals surface area (Å²) >= 11 is 0. The Balaban J connectivity index is 1.88. The highest BCUT2D eigenvalue weighted by Gasteiger charge is 2.32. The summed E-state index contributed by atoms with van der Waals surface area (Å²) in [5.41, 5.74) is 0.923. The molecule has 22 heavy (non-hydrogen) atoms. The number of nitrogens with one attached hydrogen (secondary N) is 1. The number of nitrogens with zero attached hydrogens (tertiary/aromatic N) is 1. The molecule has 2 atom stereocenters. The average molecular weight is 304 g/mol. The summed E-state index contributed by atoms with van der Waals surface area (Å²) in [6, 6.07) is 8.98. The molecule has 5 heteroatoms. The number of rotatable bonds is 6. The maximum absolute atomic E-state index is 12.4. The van der Waals surface area contributed by atoms with E-state index < -0.39 is 12.1 Å². The van der Waals surface area contributed by atoms with Crippen LogP contribution in [-0.4, -0.2) is 36.0 Å². The van der Waals surface area contributed by atoms with Crippen LogP contribution in [0.1, 0.15) is 32.3 Å². The summed E-state index contributed by atoms with van der Waals surface area (Å²) in [4.78, 5) is 26.2. The molecule has 1 heterocycles. The van der Waals surface area contributed by atoms with Crippen molar-refractivity contribution < 1.29 is 14.3 Å². The van der Waals surface area contributed by atoms with Crippen LogP contribution in [0.5, 0.6) is 0 Å². The van der Waals surface area contributed by atoms with Crippen LogP contribution >= 0.6 is 0 Å². The first-order chi connectivity index (χ1) is 10.6. The van der Waals surface area contributed by atoms with E-state index in [1.165, 1.54) is 0 Å². The molecule has 1 fully saturated rings. The first kappa shape index (κ1) is 16.3. The molecule has 0 radical (unpaired) electrons. The third-order valence-corrected chi connectivity index (χ3v) is 4.13. The average Bonchev–Trinajstić information content (AvgIpc) is 2.49. The summed E-state index contributed by atoms with van der Waals surface area (Å²) in [7, 11) is 0. The second kappa shape index (κ2) is 7.82. The molecule has 1 aromatic rings. The molecule has 0 bridgehead atoms. The van der Waals surface area contributed by atoms with Crippen LogP contribution in [0, 0.1) is 5.92 Å². The highest BCUT2D eigenvalue weighted by molar-refractivity contribution is 5.86. The quantitative estimate of drug-likeness (QED) is 0.878. The first-order valence-electron chi connectivity index (χ1n) is 7.87. The van der Waals surface area contributed by atoms with E-state index in [2.05, 4.69) is 5.32 Å². The van der Waals surface area contributed by atoms with Crippen LogP contribution in [-0.2, 0) is 16.1 Å². The van der Waals surface area contributed by atoms with Crippen molar-refractivity contribution in [1.29, 1.82) is 0 Å². The van der Waals surface area contributed by atoms with Gasteiger partial charge in [0.2, 0.25) is 5.91 Å². The fourth-order valence-electron chi connectivity index (χ4n) is 2.31. The fourth-order valence-corrected chi connectivity index (χ4v) is 2.31. The first-order valence-corrected chi connectivity index (χ1v) is 7.87. The lowest BCUT2D eigenvalue weighted by Crippen LogP contribution is -2.55. The van der Waals surface area contributed by atoms with Gasteiger partial charge < -0.3 is 15.0 Å². The number of ether oxygens (including phenoxy) is 1. The van der Waals surface area contributed by atoms with E-state index in [4.69, 9.17) is 4.74 Å². The summed E-state index contributed by atoms with van der Waals surface area (Å²) in [6.45, 7) is 5.76. The molecule has 120 valence electrons. The van der Waals surface area contributed by atoms with Gasteiger partial charge in [-0.2, -0.15) is 0 Å². The van der Waals surface area contributed by atoms with Crippen molar-refractivity contribution >= 4 is 12.0 Å². The fraction of sp³-hybridized carbons (Fsp3) is 0.529. The lowest BCUT2D eigenvalue weighted by atomic mass is 9.97. The Morgan fingerprint density at radius 3 is 2.50 bits per heavy atom. The summed E-state index contributed by atoms with van der Waals surface area (Å²) in [5.74, 6) is 0.0784. The molecule has 1 aromatic carbocycles. The number of benzene rings is 1. The van der Waals surface area contributed by atoms with Gasteiger partial charge in [-0.15, -0.1) is 0 Å². The molecular weight excluding hydrogens is 280 g/mol. The van der Waals surface area contributed by atoms with E-state index in [0.29, 0.717) is 0 Å². The molecule has 0 aromatic heterocycles. The van der Waals surface area contributed by atoms with E-state index in [0.717, 1.165) is 31.5 Å². The largest absolute Gasteiger partial charge is 0.445 e. The minimum Gasteiger partial charge on any atom is -0.445 e. The molecular formula is C17H24N2O3. The molecule has 5 nitrogen and oxygen atoms in total. The van der Waals surface area contributed by atoms with Crippen LogP contribution in [0.25, 0.3) is 0 Å². The second-order valence-electron chi connectivity index (χ2n) is 5.75. The summed E-state index contributed by atoms with van der Waals surface area (Å²) < 4.78 is 5.21. The number of carbonyl (C=O) groups excluding carboxylic acids is 2. The van der Waals surface area contributed by atoms with Gasteiger partial charge in [-0.05, 0) is 17.9 Å². The van der Waals surface area contributed by atoms with Gasteiger partial charge in [0, 0.05) is 13.1 Å². The van der Waals surface area contributed by atoms with Crippen LogP contribution < -0.4 is 5.32 Å². The molecule has 1 saturated heterocycles. The Labute approximate surface area is 131 Å². The van der Waals surface area contributed by atoms with Crippen molar-refractivity contribution in [2.75, 3.05) is 13.1 Å². The molecule has 0 spiro atoms. The number of hydrogen-bond donors (Lipinski definition) is 1. The van der Waals surface area contributed by atoms with Crippen molar-refractivity contribution in [1.82, 2.24) is 10.2 Å². The Morgan fingerprint density at radius 1 is 1.27 bits per heavy atom. The van der Waals surface area contributed by atoms with E-state index in [9.17, 15) is 9.59 Å². The number of carbonyl (C=O) groups is 2. The molecule has 0 saturated carbocycles. The van der Waals surface area contributed by atoms with E-state index in [1.807, 2.05) is 44.2 Å². The molecule has 0 unspecified atom stereocenters. The standard InChI is InChI=1S/C17H24N2O3/c1-3-13(2)15(16(20)19-10-7-11-19)18-17(21)22-12-14-8-5-4-6-9-14/h4-6,8-9,13,15H,3,7,10-12H2,1-2H3,(H,18,21)/t13-,15-/m0/s1. The summed E-state index contributed by atoms with van der Waals surface area (Å²) in [5, 5.41) is 2.73. The van der Waals surface area contributed by atoms with Gasteiger partial charge in [0.15, 0.2) is 0 Å². The second-order valence-corrected chi connectivity index (χ2v) is 5.75. The highest BCUT2D eigenvalue weighted by Crippen LogP contribution is 2.15. The topological polar surface area (TPSA) is 58.6 Å². The smallest absolute Gasteiger partial charge is 0.408 e. The SMILES string of the molecule is CC[C@H](C)[C@H](NC(=O)OCc1ccccc1)C(=O)N1CCC1. The van der Waals surface area contributed by atoms with Crippen LogP contribution in [0.2, 0.25) is 0 Å². The lowest BCUT2D eigenvalue weighted by Gasteiger charge is -2.35. The molecule has 2 rings (SSSR count). The maximum atomic E-state index is 12.4. The zero-order valence-corrected chi connectivity index (χ0v) is 13.2. The monoisotopic (exact) mass is 304 g/mol. The molecule has 0 aliphatic carbocycles. The molecule has 1 aliphatic heterocycles. The minimum atomic E-state index is -0.539. The van der Waals surface area contributed by atoms with Gasteiger partial charge in [0.25, 0.3) is 0 Å².